The summed E-state index contributed by atoms with van der Waals surface area (Å²) < 4.78 is 8.18. The molecule has 5 rings (SSSR count). The number of fused-ring (bicyclic) bond motifs is 1. The van der Waals surface area contributed by atoms with Gasteiger partial charge >= 0.3 is 0 Å². The molecule has 8 heteroatoms. The predicted octanol–water partition coefficient (Wildman–Crippen LogP) is 1.97. The lowest BCUT2D eigenvalue weighted by Gasteiger charge is -2.48. The first-order valence-corrected chi connectivity index (χ1v) is 9.32. The van der Waals surface area contributed by atoms with Gasteiger partial charge in [-0.2, -0.15) is 14.6 Å². The maximum absolute atomic E-state index is 6.08. The number of rotatable bonds is 3. The van der Waals surface area contributed by atoms with Crippen LogP contribution in [0.1, 0.15) is 12.1 Å². The molecule has 2 fully saturated rings. The van der Waals surface area contributed by atoms with Crippen molar-refractivity contribution in [2.24, 2.45) is 0 Å². The molecule has 1 atom stereocenters. The highest BCUT2D eigenvalue weighted by molar-refractivity contribution is 8.01. The number of aromatic nitrogens is 5. The average Bonchev–Trinajstić information content (AvgIpc) is 3.20. The van der Waals surface area contributed by atoms with E-state index in [0.29, 0.717) is 5.78 Å². The number of hydrogen-bond acceptors (Lipinski definition) is 7. The molecule has 0 aliphatic carbocycles. The molecule has 0 bridgehead atoms. The molecule has 1 unspecified atom stereocenters. The first kappa shape index (κ1) is 14.9. The van der Waals surface area contributed by atoms with Crippen LogP contribution >= 0.6 is 11.8 Å². The van der Waals surface area contributed by atoms with E-state index in [1.165, 1.54) is 0 Å². The monoisotopic (exact) mass is 354 g/mol. The van der Waals surface area contributed by atoms with Crippen molar-refractivity contribution >= 4 is 23.4 Å². The molecule has 2 aliphatic heterocycles. The fourth-order valence-corrected chi connectivity index (χ4v) is 5.18. The average molecular weight is 354 g/mol. The van der Waals surface area contributed by atoms with Gasteiger partial charge in [0.25, 0.3) is 5.78 Å². The quantitative estimate of drug-likeness (QED) is 0.712. The van der Waals surface area contributed by atoms with E-state index in [4.69, 9.17) is 4.74 Å². The third-order valence-electron chi connectivity index (χ3n) is 4.76. The molecule has 0 aromatic carbocycles. The molecule has 7 nitrogen and oxygen atoms in total. The highest BCUT2D eigenvalue weighted by Gasteiger charge is 2.50. The molecule has 0 saturated carbocycles. The van der Waals surface area contributed by atoms with Gasteiger partial charge in [0, 0.05) is 43.2 Å². The number of pyridine rings is 1. The fraction of sp³-hybridized carbons (Fsp3) is 0.412. The van der Waals surface area contributed by atoms with E-state index < -0.39 is 0 Å². The number of anilines is 1. The minimum atomic E-state index is 0.252. The van der Waals surface area contributed by atoms with E-state index in [1.54, 1.807) is 18.7 Å². The number of nitrogens with zero attached hydrogens (tertiary/aromatic N) is 6. The van der Waals surface area contributed by atoms with Gasteiger partial charge in [0.05, 0.1) is 10.9 Å². The molecule has 3 aromatic rings. The van der Waals surface area contributed by atoms with Crippen LogP contribution in [0.4, 0.5) is 5.82 Å². The van der Waals surface area contributed by atoms with Gasteiger partial charge in [0.15, 0.2) is 0 Å². The second kappa shape index (κ2) is 5.59. The van der Waals surface area contributed by atoms with Gasteiger partial charge in [-0.15, -0.1) is 11.8 Å². The van der Waals surface area contributed by atoms with Crippen LogP contribution in [0.5, 0.6) is 5.75 Å². The minimum Gasteiger partial charge on any atom is -0.488 e. The van der Waals surface area contributed by atoms with E-state index >= 15 is 0 Å². The Labute approximate surface area is 149 Å². The minimum absolute atomic E-state index is 0.252. The maximum Gasteiger partial charge on any atom is 0.254 e. The zero-order valence-electron chi connectivity index (χ0n) is 13.9. The largest absolute Gasteiger partial charge is 0.488 e. The van der Waals surface area contributed by atoms with Crippen LogP contribution in [0.3, 0.4) is 0 Å². The topological polar surface area (TPSA) is 68.4 Å². The van der Waals surface area contributed by atoms with Crippen molar-refractivity contribution in [3.8, 4) is 5.75 Å². The zero-order chi connectivity index (χ0) is 16.9. The van der Waals surface area contributed by atoms with Crippen molar-refractivity contribution in [2.45, 2.75) is 24.2 Å². The second-order valence-corrected chi connectivity index (χ2v) is 8.20. The van der Waals surface area contributed by atoms with Crippen molar-refractivity contribution in [2.75, 3.05) is 23.7 Å². The number of aryl methyl sites for hydroxylation is 1. The Balaban J connectivity index is 1.29. The second-order valence-electron chi connectivity index (χ2n) is 6.71. The summed E-state index contributed by atoms with van der Waals surface area (Å²) in [6.07, 6.45) is 6.42. The normalized spacial score (nSPS) is 21.6. The number of ether oxygens (including phenoxy) is 1. The van der Waals surface area contributed by atoms with Crippen molar-refractivity contribution in [3.63, 3.8) is 0 Å². The summed E-state index contributed by atoms with van der Waals surface area (Å²) in [5.74, 6) is 3.61. The fourth-order valence-electron chi connectivity index (χ4n) is 3.66. The molecule has 0 radical (unpaired) electrons. The Morgan fingerprint density at radius 3 is 3.12 bits per heavy atom. The van der Waals surface area contributed by atoms with E-state index in [-0.39, 0.29) is 10.9 Å². The molecular formula is C17H18N6OS. The van der Waals surface area contributed by atoms with Gasteiger partial charge in [-0.3, -0.25) is 4.98 Å². The van der Waals surface area contributed by atoms with Gasteiger partial charge in [0.1, 0.15) is 24.0 Å². The van der Waals surface area contributed by atoms with Crippen molar-refractivity contribution < 1.29 is 4.74 Å². The lowest BCUT2D eigenvalue weighted by Crippen LogP contribution is -2.59. The highest BCUT2D eigenvalue weighted by Crippen LogP contribution is 2.47. The van der Waals surface area contributed by atoms with Gasteiger partial charge in [0.2, 0.25) is 0 Å². The Morgan fingerprint density at radius 2 is 2.28 bits per heavy atom. The van der Waals surface area contributed by atoms with Crippen molar-refractivity contribution in [3.05, 3.63) is 42.6 Å². The number of thioether (sulfide) groups is 1. The molecule has 25 heavy (non-hydrogen) atoms. The van der Waals surface area contributed by atoms with Gasteiger partial charge < -0.3 is 9.64 Å². The Kier molecular flexibility index (Phi) is 3.34. The van der Waals surface area contributed by atoms with Crippen LogP contribution in [0.2, 0.25) is 0 Å². The van der Waals surface area contributed by atoms with Crippen molar-refractivity contribution in [1.29, 1.82) is 0 Å². The highest BCUT2D eigenvalue weighted by atomic mass is 32.2. The molecule has 0 amide bonds. The van der Waals surface area contributed by atoms with Crippen LogP contribution in [-0.2, 0) is 0 Å². The van der Waals surface area contributed by atoms with Gasteiger partial charge in [-0.25, -0.2) is 4.98 Å². The van der Waals surface area contributed by atoms with E-state index in [9.17, 15) is 0 Å². The molecule has 1 spiro atoms. The van der Waals surface area contributed by atoms with E-state index in [2.05, 4.69) is 31.0 Å². The Morgan fingerprint density at radius 1 is 1.36 bits per heavy atom. The molecule has 5 heterocycles. The summed E-state index contributed by atoms with van der Waals surface area (Å²) in [5, 5.41) is 4.31. The molecule has 2 saturated heterocycles. The van der Waals surface area contributed by atoms with E-state index in [1.807, 2.05) is 35.3 Å². The summed E-state index contributed by atoms with van der Waals surface area (Å²) in [4.78, 5) is 15.1. The molecule has 2 aliphatic rings. The lowest BCUT2D eigenvalue weighted by atomic mass is 9.93. The molecule has 3 aromatic heterocycles. The van der Waals surface area contributed by atoms with E-state index in [0.717, 1.165) is 42.5 Å². The van der Waals surface area contributed by atoms with Crippen LogP contribution in [0, 0.1) is 6.92 Å². The summed E-state index contributed by atoms with van der Waals surface area (Å²) >= 11 is 2.02. The SMILES string of the molecule is Cc1cc(N2CC3(CC(Oc4cccnc4)CS3)C2)n2ncnc2n1. The van der Waals surface area contributed by atoms with Crippen LogP contribution in [0.15, 0.2) is 36.9 Å². The summed E-state index contributed by atoms with van der Waals surface area (Å²) in [6, 6.07) is 5.96. The first-order chi connectivity index (χ1) is 12.2. The Hall–Kier alpha value is -2.35. The zero-order valence-corrected chi connectivity index (χ0v) is 14.7. The van der Waals surface area contributed by atoms with Crippen molar-refractivity contribution in [1.82, 2.24) is 24.6 Å². The summed E-state index contributed by atoms with van der Waals surface area (Å²) in [6.45, 7) is 4.00. The van der Waals surface area contributed by atoms with Crippen LogP contribution in [0.25, 0.3) is 5.78 Å². The lowest BCUT2D eigenvalue weighted by molar-refractivity contribution is 0.201. The predicted molar refractivity (Wildman–Crippen MR) is 96.2 cm³/mol. The van der Waals surface area contributed by atoms with Gasteiger partial charge in [-0.1, -0.05) is 0 Å². The van der Waals surface area contributed by atoms with Crippen LogP contribution in [-0.4, -0.2) is 54.3 Å². The number of hydrogen-bond donors (Lipinski definition) is 0. The molecule has 128 valence electrons. The van der Waals surface area contributed by atoms with Gasteiger partial charge in [-0.05, 0) is 19.1 Å². The third kappa shape index (κ3) is 2.60. The molecule has 0 N–H and O–H groups in total. The summed E-state index contributed by atoms with van der Waals surface area (Å²) in [5.41, 5.74) is 0.966. The maximum atomic E-state index is 6.08. The third-order valence-corrected chi connectivity index (χ3v) is 6.33. The van der Waals surface area contributed by atoms with Crippen LogP contribution < -0.4 is 9.64 Å². The standard InChI is InChI=1S/C17H18N6OS/c1-12-5-15(23-16(21-12)19-11-20-23)22-9-17(10-22)6-14(8-25-17)24-13-3-2-4-18-7-13/h2-5,7,11,14H,6,8-10H2,1H3. The first-order valence-electron chi connectivity index (χ1n) is 8.34. The smallest absolute Gasteiger partial charge is 0.254 e. The Bertz CT molecular complexity index is 908. The summed E-state index contributed by atoms with van der Waals surface area (Å²) in [7, 11) is 0. The molecular weight excluding hydrogens is 336 g/mol.